The van der Waals surface area contributed by atoms with E-state index in [4.69, 9.17) is 0 Å². The summed E-state index contributed by atoms with van der Waals surface area (Å²) in [7, 11) is 0. The summed E-state index contributed by atoms with van der Waals surface area (Å²) in [4.78, 5) is 13.7. The van der Waals surface area contributed by atoms with Crippen molar-refractivity contribution in [3.05, 3.63) is 0 Å². The van der Waals surface area contributed by atoms with Gasteiger partial charge >= 0.3 is 0 Å². The quantitative estimate of drug-likeness (QED) is 0.804. The molecule has 0 aromatic rings. The topological polar surface area (TPSA) is 32.3 Å². The van der Waals surface area contributed by atoms with Crippen LogP contribution in [0.25, 0.3) is 0 Å². The summed E-state index contributed by atoms with van der Waals surface area (Å²) in [6.07, 6.45) is 8.45. The number of amides is 1. The molecule has 2 aliphatic rings. The number of likely N-dealkylation sites (tertiary alicyclic amines) is 1. The molecule has 1 aliphatic carbocycles. The molecule has 3 nitrogen and oxygen atoms in total. The standard InChI is InChI=1S/C18H34N2O/c1-14(13-20-12-6-9-17(20)21)19-16-8-5-7-15(10-11-16)18(2,3)4/h14-16,19H,5-13H2,1-4H3. The van der Waals surface area contributed by atoms with E-state index in [0.717, 1.165) is 31.8 Å². The van der Waals surface area contributed by atoms with E-state index in [-0.39, 0.29) is 0 Å². The van der Waals surface area contributed by atoms with E-state index in [2.05, 4.69) is 33.0 Å². The minimum Gasteiger partial charge on any atom is -0.341 e. The summed E-state index contributed by atoms with van der Waals surface area (Å²) in [5.74, 6) is 1.21. The van der Waals surface area contributed by atoms with Gasteiger partial charge in [0.05, 0.1) is 0 Å². The van der Waals surface area contributed by atoms with Gasteiger partial charge in [-0.1, -0.05) is 27.2 Å². The van der Waals surface area contributed by atoms with E-state index < -0.39 is 0 Å². The molecule has 1 heterocycles. The minimum absolute atomic E-state index is 0.345. The van der Waals surface area contributed by atoms with Gasteiger partial charge < -0.3 is 10.2 Å². The van der Waals surface area contributed by atoms with E-state index in [1.165, 1.54) is 32.1 Å². The van der Waals surface area contributed by atoms with Crippen LogP contribution in [0.4, 0.5) is 0 Å². The average molecular weight is 294 g/mol. The number of carbonyl (C=O) groups is 1. The summed E-state index contributed by atoms with van der Waals surface area (Å²) in [6.45, 7) is 11.2. The molecule has 0 aromatic carbocycles. The van der Waals surface area contributed by atoms with Crippen LogP contribution in [0, 0.1) is 11.3 Å². The van der Waals surface area contributed by atoms with Crippen molar-refractivity contribution in [3.63, 3.8) is 0 Å². The van der Waals surface area contributed by atoms with Gasteiger partial charge in [-0.15, -0.1) is 0 Å². The van der Waals surface area contributed by atoms with Crippen molar-refractivity contribution in [2.45, 2.75) is 84.7 Å². The third-order valence-corrected chi connectivity index (χ3v) is 5.38. The fraction of sp³-hybridized carbons (Fsp3) is 0.944. The van der Waals surface area contributed by atoms with Crippen molar-refractivity contribution in [3.8, 4) is 0 Å². The van der Waals surface area contributed by atoms with E-state index in [0.29, 0.717) is 23.4 Å². The lowest BCUT2D eigenvalue weighted by Gasteiger charge is -2.30. The maximum atomic E-state index is 11.7. The van der Waals surface area contributed by atoms with Crippen LogP contribution in [-0.4, -0.2) is 36.0 Å². The molecule has 3 heteroatoms. The number of rotatable bonds is 4. The zero-order chi connectivity index (χ0) is 15.5. The molecule has 2 fully saturated rings. The lowest BCUT2D eigenvalue weighted by atomic mass is 9.76. The van der Waals surface area contributed by atoms with Crippen molar-refractivity contribution < 1.29 is 4.79 Å². The molecule has 1 saturated carbocycles. The van der Waals surface area contributed by atoms with E-state index in [1.807, 2.05) is 4.90 Å². The monoisotopic (exact) mass is 294 g/mol. The zero-order valence-electron chi connectivity index (χ0n) is 14.5. The largest absolute Gasteiger partial charge is 0.341 e. The Kier molecular flexibility index (Phi) is 5.70. The van der Waals surface area contributed by atoms with Gasteiger partial charge in [0, 0.05) is 31.6 Å². The SMILES string of the molecule is CC(CN1CCCC1=O)NC1CCCC(C(C)(C)C)CC1. The van der Waals surface area contributed by atoms with Crippen LogP contribution in [0.1, 0.15) is 72.6 Å². The van der Waals surface area contributed by atoms with Crippen molar-refractivity contribution in [1.29, 1.82) is 0 Å². The van der Waals surface area contributed by atoms with E-state index >= 15 is 0 Å². The summed E-state index contributed by atoms with van der Waals surface area (Å²) in [5.41, 5.74) is 0.447. The maximum Gasteiger partial charge on any atom is 0.222 e. The molecule has 1 aliphatic heterocycles. The lowest BCUT2D eigenvalue weighted by Crippen LogP contribution is -2.44. The molecular weight excluding hydrogens is 260 g/mol. The first kappa shape index (κ1) is 16.8. The van der Waals surface area contributed by atoms with Crippen LogP contribution in [0.15, 0.2) is 0 Å². The fourth-order valence-corrected chi connectivity index (χ4v) is 4.02. The van der Waals surface area contributed by atoms with Crippen molar-refractivity contribution in [1.82, 2.24) is 10.2 Å². The predicted molar refractivity (Wildman–Crippen MR) is 88.2 cm³/mol. The highest BCUT2D eigenvalue weighted by Gasteiger charge is 2.28. The Balaban J connectivity index is 1.76. The minimum atomic E-state index is 0.345. The normalized spacial score (nSPS) is 29.5. The van der Waals surface area contributed by atoms with Crippen LogP contribution in [0.5, 0.6) is 0 Å². The summed E-state index contributed by atoms with van der Waals surface area (Å²) in [5, 5.41) is 3.78. The van der Waals surface area contributed by atoms with Gasteiger partial charge in [0.25, 0.3) is 0 Å². The first-order chi connectivity index (χ1) is 9.86. The second kappa shape index (κ2) is 7.13. The van der Waals surface area contributed by atoms with Crippen molar-refractivity contribution in [2.75, 3.05) is 13.1 Å². The molecule has 2 rings (SSSR count). The number of hydrogen-bond donors (Lipinski definition) is 1. The second-order valence-electron chi connectivity index (χ2n) is 8.28. The molecule has 21 heavy (non-hydrogen) atoms. The number of nitrogens with zero attached hydrogens (tertiary/aromatic N) is 1. The Morgan fingerprint density at radius 3 is 2.57 bits per heavy atom. The number of nitrogens with one attached hydrogen (secondary N) is 1. The average Bonchev–Trinajstić information content (AvgIpc) is 2.64. The Morgan fingerprint density at radius 2 is 1.95 bits per heavy atom. The van der Waals surface area contributed by atoms with Gasteiger partial charge in [-0.3, -0.25) is 4.79 Å². The predicted octanol–water partition coefficient (Wildman–Crippen LogP) is 3.58. The van der Waals surface area contributed by atoms with Gasteiger partial charge in [-0.25, -0.2) is 0 Å². The van der Waals surface area contributed by atoms with Gasteiger partial charge in [-0.05, 0) is 50.4 Å². The molecule has 1 saturated heterocycles. The van der Waals surface area contributed by atoms with Crippen LogP contribution < -0.4 is 5.32 Å². The van der Waals surface area contributed by atoms with Gasteiger partial charge in [0.1, 0.15) is 0 Å². The Hall–Kier alpha value is -0.570. The fourth-order valence-electron chi connectivity index (χ4n) is 4.02. The molecule has 0 aromatic heterocycles. The molecule has 0 spiro atoms. The second-order valence-corrected chi connectivity index (χ2v) is 8.28. The van der Waals surface area contributed by atoms with Crippen molar-refractivity contribution in [2.24, 2.45) is 11.3 Å². The van der Waals surface area contributed by atoms with Gasteiger partial charge in [0.2, 0.25) is 5.91 Å². The third-order valence-electron chi connectivity index (χ3n) is 5.38. The molecular formula is C18H34N2O. The first-order valence-electron chi connectivity index (χ1n) is 8.90. The third kappa shape index (κ3) is 4.98. The molecule has 3 unspecified atom stereocenters. The Bertz CT molecular complexity index is 348. The molecule has 1 N–H and O–H groups in total. The number of hydrogen-bond acceptors (Lipinski definition) is 2. The molecule has 1 amide bonds. The number of carbonyl (C=O) groups excluding carboxylic acids is 1. The molecule has 3 atom stereocenters. The van der Waals surface area contributed by atoms with Gasteiger partial charge in [0.15, 0.2) is 0 Å². The Labute approximate surface area is 130 Å². The van der Waals surface area contributed by atoms with Crippen LogP contribution in [-0.2, 0) is 4.79 Å². The highest BCUT2D eigenvalue weighted by molar-refractivity contribution is 5.78. The highest BCUT2D eigenvalue weighted by atomic mass is 16.2. The highest BCUT2D eigenvalue weighted by Crippen LogP contribution is 2.36. The van der Waals surface area contributed by atoms with E-state index in [9.17, 15) is 4.79 Å². The summed E-state index contributed by atoms with van der Waals surface area (Å²) < 4.78 is 0. The molecule has 0 radical (unpaired) electrons. The van der Waals surface area contributed by atoms with Crippen LogP contribution in [0.2, 0.25) is 0 Å². The summed E-state index contributed by atoms with van der Waals surface area (Å²) >= 11 is 0. The molecule has 122 valence electrons. The maximum absolute atomic E-state index is 11.7. The van der Waals surface area contributed by atoms with Crippen LogP contribution in [0.3, 0.4) is 0 Å². The van der Waals surface area contributed by atoms with Gasteiger partial charge in [-0.2, -0.15) is 0 Å². The zero-order valence-corrected chi connectivity index (χ0v) is 14.5. The first-order valence-corrected chi connectivity index (χ1v) is 8.90. The Morgan fingerprint density at radius 1 is 1.19 bits per heavy atom. The lowest BCUT2D eigenvalue weighted by molar-refractivity contribution is -0.128. The van der Waals surface area contributed by atoms with Crippen LogP contribution >= 0.6 is 0 Å². The van der Waals surface area contributed by atoms with Crippen molar-refractivity contribution >= 4 is 5.91 Å². The molecule has 0 bridgehead atoms. The smallest absolute Gasteiger partial charge is 0.222 e. The summed E-state index contributed by atoms with van der Waals surface area (Å²) in [6, 6.07) is 1.06. The van der Waals surface area contributed by atoms with E-state index in [1.54, 1.807) is 0 Å².